The third kappa shape index (κ3) is 3.58. The maximum absolute atomic E-state index is 11.6. The van der Waals surface area contributed by atoms with Gasteiger partial charge in [-0.2, -0.15) is 0 Å². The van der Waals surface area contributed by atoms with Crippen LogP contribution in [0.5, 0.6) is 0 Å². The zero-order valence-electron chi connectivity index (χ0n) is 11.1. The molecule has 0 bridgehead atoms. The Morgan fingerprint density at radius 2 is 2.11 bits per heavy atom. The van der Waals surface area contributed by atoms with Gasteiger partial charge >= 0.3 is 5.97 Å². The van der Waals surface area contributed by atoms with Gasteiger partial charge in [0.25, 0.3) is 0 Å². The molecule has 1 rings (SSSR count). The van der Waals surface area contributed by atoms with Crippen LogP contribution < -0.4 is 5.32 Å². The summed E-state index contributed by atoms with van der Waals surface area (Å²) in [5.41, 5.74) is 1.73. The Bertz CT molecular complexity index is 420. The van der Waals surface area contributed by atoms with Gasteiger partial charge in [0.05, 0.1) is 12.8 Å². The number of aromatic nitrogens is 1. The molecule has 1 N–H and O–H groups in total. The highest BCUT2D eigenvalue weighted by Crippen LogP contribution is 2.14. The summed E-state index contributed by atoms with van der Waals surface area (Å²) in [5.74, 6) is 0.0647. The van der Waals surface area contributed by atoms with Crippen molar-refractivity contribution in [1.82, 2.24) is 10.5 Å². The van der Waals surface area contributed by atoms with Gasteiger partial charge < -0.3 is 14.6 Å². The van der Waals surface area contributed by atoms with Crippen molar-refractivity contribution in [1.29, 1.82) is 0 Å². The number of hydrogen-bond donors (Lipinski definition) is 1. The van der Waals surface area contributed by atoms with Gasteiger partial charge in [-0.15, -0.1) is 0 Å². The molecule has 18 heavy (non-hydrogen) atoms. The molecule has 0 spiro atoms. The number of aryl methyl sites for hydroxylation is 2. The van der Waals surface area contributed by atoms with E-state index < -0.39 is 12.0 Å². The van der Waals surface area contributed by atoms with E-state index in [9.17, 15) is 9.59 Å². The fourth-order valence-electron chi connectivity index (χ4n) is 1.65. The van der Waals surface area contributed by atoms with Gasteiger partial charge in [0, 0.05) is 12.0 Å². The average Bonchev–Trinajstić information content (AvgIpc) is 2.65. The summed E-state index contributed by atoms with van der Waals surface area (Å²) >= 11 is 0. The SMILES string of the molecule is COC(=O)C(C)NC(=O)CCc1c(C)noc1C. The topological polar surface area (TPSA) is 81.4 Å². The minimum absolute atomic E-state index is 0.201. The van der Waals surface area contributed by atoms with Gasteiger partial charge in [-0.25, -0.2) is 4.79 Å². The van der Waals surface area contributed by atoms with E-state index in [4.69, 9.17) is 4.52 Å². The normalized spacial score (nSPS) is 12.0. The van der Waals surface area contributed by atoms with Gasteiger partial charge in [0.15, 0.2) is 0 Å². The van der Waals surface area contributed by atoms with Crippen molar-refractivity contribution in [2.45, 2.75) is 39.7 Å². The molecule has 0 fully saturated rings. The fraction of sp³-hybridized carbons (Fsp3) is 0.583. The number of carbonyl (C=O) groups is 2. The van der Waals surface area contributed by atoms with E-state index >= 15 is 0 Å². The molecule has 1 atom stereocenters. The molecular weight excluding hydrogens is 236 g/mol. The molecule has 1 aromatic rings. The molecule has 1 unspecified atom stereocenters. The predicted octanol–water partition coefficient (Wildman–Crippen LogP) is 0.902. The summed E-state index contributed by atoms with van der Waals surface area (Å²) in [6.07, 6.45) is 0.825. The number of ether oxygens (including phenoxy) is 1. The number of nitrogens with zero attached hydrogens (tertiary/aromatic N) is 1. The molecule has 0 saturated carbocycles. The third-order valence-corrected chi connectivity index (χ3v) is 2.72. The maximum atomic E-state index is 11.6. The number of nitrogens with one attached hydrogen (secondary N) is 1. The minimum atomic E-state index is -0.632. The fourth-order valence-corrected chi connectivity index (χ4v) is 1.65. The first-order valence-electron chi connectivity index (χ1n) is 5.74. The highest BCUT2D eigenvalue weighted by Gasteiger charge is 2.16. The number of rotatable bonds is 5. The van der Waals surface area contributed by atoms with Crippen LogP contribution in [-0.2, 0) is 20.7 Å². The molecule has 1 amide bonds. The van der Waals surface area contributed by atoms with E-state index in [2.05, 4.69) is 15.2 Å². The number of esters is 1. The first kappa shape index (κ1) is 14.2. The van der Waals surface area contributed by atoms with Crippen LogP contribution in [0.25, 0.3) is 0 Å². The average molecular weight is 254 g/mol. The second-order valence-corrected chi connectivity index (χ2v) is 4.12. The zero-order valence-corrected chi connectivity index (χ0v) is 11.1. The highest BCUT2D eigenvalue weighted by atomic mass is 16.5. The summed E-state index contributed by atoms with van der Waals surface area (Å²) in [4.78, 5) is 22.7. The Labute approximate surface area is 106 Å². The van der Waals surface area contributed by atoms with Crippen LogP contribution in [0.2, 0.25) is 0 Å². The molecule has 0 aliphatic rings. The minimum Gasteiger partial charge on any atom is -0.467 e. The molecule has 0 aromatic carbocycles. The van der Waals surface area contributed by atoms with Gasteiger partial charge in [0.1, 0.15) is 11.8 Å². The molecule has 0 radical (unpaired) electrons. The first-order chi connectivity index (χ1) is 8.45. The predicted molar refractivity (Wildman–Crippen MR) is 63.9 cm³/mol. The van der Waals surface area contributed by atoms with Crippen LogP contribution in [0, 0.1) is 13.8 Å². The first-order valence-corrected chi connectivity index (χ1v) is 5.74. The Hall–Kier alpha value is -1.85. The Morgan fingerprint density at radius 1 is 1.44 bits per heavy atom. The lowest BCUT2D eigenvalue weighted by atomic mass is 10.1. The zero-order chi connectivity index (χ0) is 13.7. The monoisotopic (exact) mass is 254 g/mol. The van der Waals surface area contributed by atoms with E-state index in [1.54, 1.807) is 6.92 Å². The summed E-state index contributed by atoms with van der Waals surface area (Å²) in [7, 11) is 1.29. The van der Waals surface area contributed by atoms with Crippen LogP contribution in [0.4, 0.5) is 0 Å². The number of amides is 1. The largest absolute Gasteiger partial charge is 0.467 e. The molecule has 1 aromatic heterocycles. The smallest absolute Gasteiger partial charge is 0.328 e. The molecule has 0 aliphatic carbocycles. The Kier molecular flexibility index (Phi) is 4.88. The second kappa shape index (κ2) is 6.18. The molecule has 6 nitrogen and oxygen atoms in total. The number of hydrogen-bond acceptors (Lipinski definition) is 5. The number of carbonyl (C=O) groups excluding carboxylic acids is 2. The van der Waals surface area contributed by atoms with Crippen LogP contribution in [-0.4, -0.2) is 30.2 Å². The van der Waals surface area contributed by atoms with Crippen molar-refractivity contribution in [2.24, 2.45) is 0 Å². The summed E-state index contributed by atoms with van der Waals surface area (Å²) in [5, 5.41) is 6.38. The Morgan fingerprint density at radius 3 is 2.61 bits per heavy atom. The summed E-state index contributed by atoms with van der Waals surface area (Å²) in [6.45, 7) is 5.23. The van der Waals surface area contributed by atoms with Crippen molar-refractivity contribution in [2.75, 3.05) is 7.11 Å². The summed E-state index contributed by atoms with van der Waals surface area (Å²) < 4.78 is 9.53. The number of methoxy groups -OCH3 is 1. The van der Waals surface area contributed by atoms with E-state index in [1.807, 2.05) is 13.8 Å². The van der Waals surface area contributed by atoms with Crippen LogP contribution in [0.3, 0.4) is 0 Å². The molecular formula is C12H18N2O4. The molecule has 0 aliphatic heterocycles. The molecule has 1 heterocycles. The lowest BCUT2D eigenvalue weighted by Gasteiger charge is -2.11. The van der Waals surface area contributed by atoms with E-state index in [0.29, 0.717) is 6.42 Å². The Balaban J connectivity index is 2.45. The van der Waals surface area contributed by atoms with Crippen molar-refractivity contribution in [3.63, 3.8) is 0 Å². The third-order valence-electron chi connectivity index (χ3n) is 2.72. The van der Waals surface area contributed by atoms with E-state index in [0.717, 1.165) is 17.0 Å². The van der Waals surface area contributed by atoms with E-state index in [1.165, 1.54) is 7.11 Å². The van der Waals surface area contributed by atoms with Crippen LogP contribution in [0.1, 0.15) is 30.4 Å². The second-order valence-electron chi connectivity index (χ2n) is 4.12. The van der Waals surface area contributed by atoms with Crippen LogP contribution in [0.15, 0.2) is 4.52 Å². The van der Waals surface area contributed by atoms with Crippen molar-refractivity contribution < 1.29 is 18.8 Å². The molecule has 0 saturated heterocycles. The van der Waals surface area contributed by atoms with Gasteiger partial charge in [0.2, 0.25) is 5.91 Å². The van der Waals surface area contributed by atoms with Gasteiger partial charge in [-0.3, -0.25) is 4.79 Å². The van der Waals surface area contributed by atoms with Crippen molar-refractivity contribution in [3.05, 3.63) is 17.0 Å². The van der Waals surface area contributed by atoms with Crippen LogP contribution >= 0.6 is 0 Å². The standard InChI is InChI=1S/C12H18N2O4/c1-7-10(9(3)18-14-7)5-6-11(15)13-8(2)12(16)17-4/h8H,5-6H2,1-4H3,(H,13,15). The van der Waals surface area contributed by atoms with E-state index in [-0.39, 0.29) is 12.3 Å². The van der Waals surface area contributed by atoms with Crippen molar-refractivity contribution in [3.8, 4) is 0 Å². The molecule has 6 heteroatoms. The lowest BCUT2D eigenvalue weighted by molar-refractivity contribution is -0.144. The van der Waals surface area contributed by atoms with Crippen molar-refractivity contribution >= 4 is 11.9 Å². The summed E-state index contributed by atoms with van der Waals surface area (Å²) in [6, 6.07) is -0.632. The van der Waals surface area contributed by atoms with Gasteiger partial charge in [-0.05, 0) is 27.2 Å². The maximum Gasteiger partial charge on any atom is 0.328 e. The quantitative estimate of drug-likeness (QED) is 0.789. The highest BCUT2D eigenvalue weighted by molar-refractivity contribution is 5.84. The molecule has 100 valence electrons. The lowest BCUT2D eigenvalue weighted by Crippen LogP contribution is -2.39. The van der Waals surface area contributed by atoms with Gasteiger partial charge in [-0.1, -0.05) is 5.16 Å².